The molecule has 0 unspecified atom stereocenters. The molecule has 2 aromatic rings. The van der Waals surface area contributed by atoms with E-state index in [1.54, 1.807) is 42.1 Å². The summed E-state index contributed by atoms with van der Waals surface area (Å²) >= 11 is 1.55. The van der Waals surface area contributed by atoms with E-state index in [1.807, 2.05) is 5.38 Å². The fourth-order valence-corrected chi connectivity index (χ4v) is 2.08. The standard InChI is InChI=1S/C12H14N4OS/c1-14-12(17)8-2-3-11(10(13)4-8)15-5-9-6-18-7-16-9/h2-4,6-7,15H,5,13H2,1H3,(H,14,17). The van der Waals surface area contributed by atoms with Crippen LogP contribution in [0.2, 0.25) is 0 Å². The fraction of sp³-hybridized carbons (Fsp3) is 0.167. The normalized spacial score (nSPS) is 10.1. The number of thiazole rings is 1. The van der Waals surface area contributed by atoms with Crippen LogP contribution >= 0.6 is 11.3 Å². The number of carbonyl (C=O) groups is 1. The van der Waals surface area contributed by atoms with Crippen LogP contribution in [-0.4, -0.2) is 17.9 Å². The van der Waals surface area contributed by atoms with Gasteiger partial charge in [-0.3, -0.25) is 4.79 Å². The van der Waals surface area contributed by atoms with Crippen LogP contribution in [0.4, 0.5) is 11.4 Å². The summed E-state index contributed by atoms with van der Waals surface area (Å²) in [6, 6.07) is 5.19. The number of aromatic nitrogens is 1. The summed E-state index contributed by atoms with van der Waals surface area (Å²) in [7, 11) is 1.59. The van der Waals surface area contributed by atoms with Gasteiger partial charge in [-0.25, -0.2) is 4.98 Å². The van der Waals surface area contributed by atoms with Crippen LogP contribution in [0.5, 0.6) is 0 Å². The third-order valence-corrected chi connectivity index (χ3v) is 3.12. The van der Waals surface area contributed by atoms with E-state index < -0.39 is 0 Å². The minimum atomic E-state index is -0.146. The number of nitrogens with two attached hydrogens (primary N) is 1. The molecule has 0 spiro atoms. The van der Waals surface area contributed by atoms with E-state index in [1.165, 1.54) is 0 Å². The lowest BCUT2D eigenvalue weighted by Crippen LogP contribution is -2.18. The summed E-state index contributed by atoms with van der Waals surface area (Å²) in [4.78, 5) is 15.6. The molecule has 4 N–H and O–H groups in total. The van der Waals surface area contributed by atoms with Gasteiger partial charge in [0.2, 0.25) is 0 Å². The van der Waals surface area contributed by atoms with Crippen LogP contribution in [0.3, 0.4) is 0 Å². The van der Waals surface area contributed by atoms with Crippen LogP contribution in [0.25, 0.3) is 0 Å². The highest BCUT2D eigenvalue weighted by molar-refractivity contribution is 7.07. The third kappa shape index (κ3) is 2.78. The van der Waals surface area contributed by atoms with Crippen molar-refractivity contribution < 1.29 is 4.79 Å². The summed E-state index contributed by atoms with van der Waals surface area (Å²) in [5.74, 6) is -0.146. The summed E-state index contributed by atoms with van der Waals surface area (Å²) in [5.41, 5.74) is 10.5. The number of anilines is 2. The Labute approximate surface area is 109 Å². The van der Waals surface area contributed by atoms with E-state index in [4.69, 9.17) is 5.73 Å². The number of nitrogens with zero attached hydrogens (tertiary/aromatic N) is 1. The molecule has 0 saturated heterocycles. The number of amides is 1. The molecule has 1 aromatic carbocycles. The van der Waals surface area contributed by atoms with E-state index in [2.05, 4.69) is 15.6 Å². The number of nitrogens with one attached hydrogen (secondary N) is 2. The molecule has 1 aromatic heterocycles. The van der Waals surface area contributed by atoms with Gasteiger partial charge in [-0.15, -0.1) is 11.3 Å². The SMILES string of the molecule is CNC(=O)c1ccc(NCc2cscn2)c(N)c1. The average molecular weight is 262 g/mol. The van der Waals surface area contributed by atoms with Crippen LogP contribution in [0.15, 0.2) is 29.1 Å². The average Bonchev–Trinajstić information content (AvgIpc) is 2.89. The van der Waals surface area contributed by atoms with E-state index in [0.29, 0.717) is 17.8 Å². The van der Waals surface area contributed by atoms with Gasteiger partial charge < -0.3 is 16.4 Å². The lowest BCUT2D eigenvalue weighted by molar-refractivity contribution is 0.0963. The third-order valence-electron chi connectivity index (χ3n) is 2.48. The smallest absolute Gasteiger partial charge is 0.251 e. The van der Waals surface area contributed by atoms with Gasteiger partial charge in [0.25, 0.3) is 5.91 Å². The molecule has 0 saturated carbocycles. The molecule has 0 aliphatic heterocycles. The Morgan fingerprint density at radius 1 is 1.50 bits per heavy atom. The molecule has 0 aliphatic carbocycles. The van der Waals surface area contributed by atoms with Crippen molar-refractivity contribution in [3.05, 3.63) is 40.3 Å². The maximum atomic E-state index is 11.4. The first-order chi connectivity index (χ1) is 8.70. The Morgan fingerprint density at radius 3 is 2.94 bits per heavy atom. The zero-order valence-corrected chi connectivity index (χ0v) is 10.8. The molecule has 0 aliphatic rings. The highest BCUT2D eigenvalue weighted by atomic mass is 32.1. The van der Waals surface area contributed by atoms with E-state index in [-0.39, 0.29) is 5.91 Å². The Morgan fingerprint density at radius 2 is 2.33 bits per heavy atom. The molecule has 5 nitrogen and oxygen atoms in total. The Hall–Kier alpha value is -2.08. The molecule has 18 heavy (non-hydrogen) atoms. The van der Waals surface area contributed by atoms with E-state index in [9.17, 15) is 4.79 Å². The van der Waals surface area contributed by atoms with Crippen LogP contribution < -0.4 is 16.4 Å². The van der Waals surface area contributed by atoms with E-state index >= 15 is 0 Å². The second-order valence-electron chi connectivity index (χ2n) is 3.71. The summed E-state index contributed by atoms with van der Waals surface area (Å²) < 4.78 is 0. The number of nitrogen functional groups attached to an aromatic ring is 1. The van der Waals surface area contributed by atoms with Crippen molar-refractivity contribution in [2.24, 2.45) is 0 Å². The summed E-state index contributed by atoms with van der Waals surface area (Å²) in [5, 5.41) is 7.72. The van der Waals surface area contributed by atoms with Gasteiger partial charge in [-0.2, -0.15) is 0 Å². The molecule has 1 amide bonds. The first-order valence-electron chi connectivity index (χ1n) is 5.43. The first kappa shape index (κ1) is 12.4. The van der Waals surface area contributed by atoms with E-state index in [0.717, 1.165) is 11.4 Å². The fourth-order valence-electron chi connectivity index (χ4n) is 1.52. The monoisotopic (exact) mass is 262 g/mol. The second kappa shape index (κ2) is 5.50. The number of benzene rings is 1. The summed E-state index contributed by atoms with van der Waals surface area (Å²) in [6.07, 6.45) is 0. The molecule has 0 fully saturated rings. The first-order valence-corrected chi connectivity index (χ1v) is 6.37. The van der Waals surface area contributed by atoms with Crippen molar-refractivity contribution in [3.63, 3.8) is 0 Å². The zero-order chi connectivity index (χ0) is 13.0. The lowest BCUT2D eigenvalue weighted by Gasteiger charge is -2.09. The minimum absolute atomic E-state index is 0.146. The molecule has 94 valence electrons. The molecule has 2 rings (SSSR count). The molecular formula is C12H14N4OS. The molecule has 1 heterocycles. The largest absolute Gasteiger partial charge is 0.397 e. The van der Waals surface area contributed by atoms with Gasteiger partial charge in [-0.1, -0.05) is 0 Å². The lowest BCUT2D eigenvalue weighted by atomic mass is 10.1. The van der Waals surface area contributed by atoms with Gasteiger partial charge >= 0.3 is 0 Å². The molecule has 0 bridgehead atoms. The Kier molecular flexibility index (Phi) is 3.78. The zero-order valence-electron chi connectivity index (χ0n) is 9.93. The predicted octanol–water partition coefficient (Wildman–Crippen LogP) is 1.70. The predicted molar refractivity (Wildman–Crippen MR) is 73.7 cm³/mol. The number of hydrogen-bond donors (Lipinski definition) is 3. The molecule has 6 heteroatoms. The van der Waals surface area contributed by atoms with Gasteiger partial charge in [0.1, 0.15) is 0 Å². The second-order valence-corrected chi connectivity index (χ2v) is 4.43. The van der Waals surface area contributed by atoms with Gasteiger partial charge in [0.05, 0.1) is 29.1 Å². The van der Waals surface area contributed by atoms with Gasteiger partial charge in [0.15, 0.2) is 0 Å². The number of carbonyl (C=O) groups excluding carboxylic acids is 1. The molecule has 0 atom stereocenters. The van der Waals surface area contributed by atoms with Crippen molar-refractivity contribution in [3.8, 4) is 0 Å². The number of rotatable bonds is 4. The highest BCUT2D eigenvalue weighted by Crippen LogP contribution is 2.20. The minimum Gasteiger partial charge on any atom is -0.397 e. The highest BCUT2D eigenvalue weighted by Gasteiger charge is 2.06. The van der Waals surface area contributed by atoms with Gasteiger partial charge in [0, 0.05) is 18.0 Å². The van der Waals surface area contributed by atoms with Crippen molar-refractivity contribution in [2.75, 3.05) is 18.1 Å². The van der Waals surface area contributed by atoms with Crippen molar-refractivity contribution in [1.82, 2.24) is 10.3 Å². The Bertz CT molecular complexity index is 539. The van der Waals surface area contributed by atoms with Crippen LogP contribution in [0.1, 0.15) is 16.1 Å². The molecule has 0 radical (unpaired) electrons. The van der Waals surface area contributed by atoms with Crippen molar-refractivity contribution in [1.29, 1.82) is 0 Å². The quantitative estimate of drug-likeness (QED) is 0.733. The maximum absolute atomic E-state index is 11.4. The van der Waals surface area contributed by atoms with Crippen molar-refractivity contribution in [2.45, 2.75) is 6.54 Å². The Balaban J connectivity index is 2.08. The molecular weight excluding hydrogens is 248 g/mol. The summed E-state index contributed by atoms with van der Waals surface area (Å²) in [6.45, 7) is 0.618. The maximum Gasteiger partial charge on any atom is 0.251 e. The number of hydrogen-bond acceptors (Lipinski definition) is 5. The van der Waals surface area contributed by atoms with Crippen molar-refractivity contribution >= 4 is 28.6 Å². The van der Waals surface area contributed by atoms with Crippen LogP contribution in [-0.2, 0) is 6.54 Å². The topological polar surface area (TPSA) is 80.0 Å². The van der Waals surface area contributed by atoms with Gasteiger partial charge in [-0.05, 0) is 18.2 Å². The van der Waals surface area contributed by atoms with Crippen LogP contribution in [0, 0.1) is 0 Å².